The average molecular weight is 182 g/mol. The molecule has 5 heteroatoms. The summed E-state index contributed by atoms with van der Waals surface area (Å²) in [5.74, 6) is 0. The summed E-state index contributed by atoms with van der Waals surface area (Å²) in [6.45, 7) is 3.97. The lowest BCUT2D eigenvalue weighted by Gasteiger charge is -2.07. The minimum absolute atomic E-state index is 0.313. The average Bonchev–Trinajstić information content (AvgIpc) is 1.94. The lowest BCUT2D eigenvalue weighted by molar-refractivity contribution is -0.124. The molecule has 0 aromatic rings. The molecule has 0 amide bonds. The van der Waals surface area contributed by atoms with Crippen LogP contribution in [0.3, 0.4) is 0 Å². The van der Waals surface area contributed by atoms with E-state index in [1.165, 1.54) is 0 Å². The highest BCUT2D eigenvalue weighted by atomic mass is 19.4. The first kappa shape index (κ1) is 11.4. The summed E-state index contributed by atoms with van der Waals surface area (Å²) in [7, 11) is 0. The molecule has 0 saturated heterocycles. The lowest BCUT2D eigenvalue weighted by atomic mass is 10.5. The zero-order valence-corrected chi connectivity index (χ0v) is 6.75. The van der Waals surface area contributed by atoms with Crippen LogP contribution >= 0.6 is 0 Å². The van der Waals surface area contributed by atoms with Crippen LogP contribution in [0, 0.1) is 0 Å². The molecule has 2 N–H and O–H groups in total. The maximum absolute atomic E-state index is 11.5. The summed E-state index contributed by atoms with van der Waals surface area (Å²) < 4.78 is 34.6. The summed E-state index contributed by atoms with van der Waals surface area (Å²) in [6, 6.07) is 0. The van der Waals surface area contributed by atoms with Crippen molar-refractivity contribution in [3.8, 4) is 0 Å². The van der Waals surface area contributed by atoms with Crippen molar-refractivity contribution in [2.24, 2.45) is 0 Å². The summed E-state index contributed by atoms with van der Waals surface area (Å²) >= 11 is 0. The standard InChI is InChI=1S/C7H13F3N2/c1-2-3-11-4-5-12-6-7(8,9)10/h2,11-12H,1,3-6H2. The summed E-state index contributed by atoms with van der Waals surface area (Å²) in [4.78, 5) is 0. The fraction of sp³-hybridized carbons (Fsp3) is 0.714. The third-order valence-electron chi connectivity index (χ3n) is 1.09. The van der Waals surface area contributed by atoms with E-state index in [9.17, 15) is 13.2 Å². The zero-order valence-electron chi connectivity index (χ0n) is 6.75. The predicted molar refractivity (Wildman–Crippen MR) is 42.0 cm³/mol. The Kier molecular flexibility index (Phi) is 5.74. The Bertz CT molecular complexity index is 122. The maximum Gasteiger partial charge on any atom is 0.401 e. The molecule has 0 aliphatic carbocycles. The number of nitrogens with one attached hydrogen (secondary N) is 2. The Morgan fingerprint density at radius 2 is 1.75 bits per heavy atom. The second-order valence-corrected chi connectivity index (χ2v) is 2.28. The Balaban J connectivity index is 3.06. The van der Waals surface area contributed by atoms with E-state index in [1.807, 2.05) is 0 Å². The number of halogens is 3. The third kappa shape index (κ3) is 9.45. The van der Waals surface area contributed by atoms with Gasteiger partial charge in [0.2, 0.25) is 0 Å². The third-order valence-corrected chi connectivity index (χ3v) is 1.09. The van der Waals surface area contributed by atoms with E-state index < -0.39 is 12.7 Å². The van der Waals surface area contributed by atoms with Crippen molar-refractivity contribution in [1.29, 1.82) is 0 Å². The van der Waals surface area contributed by atoms with Gasteiger partial charge < -0.3 is 10.6 Å². The van der Waals surface area contributed by atoms with E-state index >= 15 is 0 Å². The molecule has 0 saturated carbocycles. The zero-order chi connectivity index (χ0) is 9.45. The van der Waals surface area contributed by atoms with Gasteiger partial charge in [-0.2, -0.15) is 13.2 Å². The van der Waals surface area contributed by atoms with Gasteiger partial charge in [0.1, 0.15) is 0 Å². The van der Waals surface area contributed by atoms with Gasteiger partial charge in [0.15, 0.2) is 0 Å². The molecule has 0 atom stereocenters. The van der Waals surface area contributed by atoms with Crippen molar-refractivity contribution in [2.45, 2.75) is 6.18 Å². The summed E-state index contributed by atoms with van der Waals surface area (Å²) in [5.41, 5.74) is 0. The highest BCUT2D eigenvalue weighted by Gasteiger charge is 2.25. The highest BCUT2D eigenvalue weighted by molar-refractivity contribution is 4.69. The van der Waals surface area contributed by atoms with Crippen molar-refractivity contribution in [3.05, 3.63) is 12.7 Å². The van der Waals surface area contributed by atoms with Gasteiger partial charge in [0, 0.05) is 19.6 Å². The van der Waals surface area contributed by atoms with E-state index in [4.69, 9.17) is 0 Å². The van der Waals surface area contributed by atoms with Gasteiger partial charge in [-0.3, -0.25) is 0 Å². The van der Waals surface area contributed by atoms with Gasteiger partial charge in [0.05, 0.1) is 6.54 Å². The van der Waals surface area contributed by atoms with Crippen molar-refractivity contribution < 1.29 is 13.2 Å². The first-order chi connectivity index (χ1) is 5.56. The number of hydrogen-bond donors (Lipinski definition) is 2. The van der Waals surface area contributed by atoms with Crippen LogP contribution in [0.15, 0.2) is 12.7 Å². The molecule has 72 valence electrons. The number of hydrogen-bond acceptors (Lipinski definition) is 2. The van der Waals surface area contributed by atoms with E-state index in [1.54, 1.807) is 6.08 Å². The molecule has 0 aliphatic heterocycles. The Labute approximate surface area is 69.8 Å². The van der Waals surface area contributed by atoms with E-state index in [-0.39, 0.29) is 0 Å². The van der Waals surface area contributed by atoms with Crippen molar-refractivity contribution in [2.75, 3.05) is 26.2 Å². The molecule has 0 rings (SSSR count). The minimum atomic E-state index is -4.11. The molecule has 0 spiro atoms. The van der Waals surface area contributed by atoms with Gasteiger partial charge in [-0.15, -0.1) is 6.58 Å². The number of alkyl halides is 3. The maximum atomic E-state index is 11.5. The lowest BCUT2D eigenvalue weighted by Crippen LogP contribution is -2.34. The van der Waals surface area contributed by atoms with Crippen LogP contribution in [-0.4, -0.2) is 32.4 Å². The highest BCUT2D eigenvalue weighted by Crippen LogP contribution is 2.11. The monoisotopic (exact) mass is 182 g/mol. The summed E-state index contributed by atoms with van der Waals surface area (Å²) in [6.07, 6.45) is -2.46. The van der Waals surface area contributed by atoms with Crippen LogP contribution in [0.1, 0.15) is 0 Å². The predicted octanol–water partition coefficient (Wildman–Crippen LogP) is 0.914. The second-order valence-electron chi connectivity index (χ2n) is 2.28. The van der Waals surface area contributed by atoms with E-state index in [2.05, 4.69) is 17.2 Å². The Morgan fingerprint density at radius 3 is 2.25 bits per heavy atom. The van der Waals surface area contributed by atoms with Crippen LogP contribution < -0.4 is 10.6 Å². The minimum Gasteiger partial charge on any atom is -0.312 e. The first-order valence-electron chi connectivity index (χ1n) is 3.65. The molecule has 0 radical (unpaired) electrons. The van der Waals surface area contributed by atoms with Gasteiger partial charge in [0.25, 0.3) is 0 Å². The van der Waals surface area contributed by atoms with Crippen molar-refractivity contribution in [3.63, 3.8) is 0 Å². The quantitative estimate of drug-likeness (QED) is 0.471. The molecule has 2 nitrogen and oxygen atoms in total. The fourth-order valence-electron chi connectivity index (χ4n) is 0.611. The molecule has 0 aliphatic rings. The second kappa shape index (κ2) is 6.02. The van der Waals surface area contributed by atoms with E-state index in [0.29, 0.717) is 19.6 Å². The Morgan fingerprint density at radius 1 is 1.17 bits per heavy atom. The van der Waals surface area contributed by atoms with Crippen LogP contribution in [0.4, 0.5) is 13.2 Å². The summed E-state index contributed by atoms with van der Waals surface area (Å²) in [5, 5.41) is 5.14. The van der Waals surface area contributed by atoms with Gasteiger partial charge in [-0.1, -0.05) is 6.08 Å². The molecule has 0 fully saturated rings. The topological polar surface area (TPSA) is 24.1 Å². The molecule has 0 bridgehead atoms. The smallest absolute Gasteiger partial charge is 0.312 e. The Hall–Kier alpha value is -0.550. The molecule has 0 aromatic heterocycles. The van der Waals surface area contributed by atoms with Gasteiger partial charge >= 0.3 is 6.18 Å². The van der Waals surface area contributed by atoms with Crippen LogP contribution in [0.25, 0.3) is 0 Å². The normalized spacial score (nSPS) is 11.6. The largest absolute Gasteiger partial charge is 0.401 e. The fourth-order valence-corrected chi connectivity index (χ4v) is 0.611. The van der Waals surface area contributed by atoms with Crippen LogP contribution in [0.2, 0.25) is 0 Å². The van der Waals surface area contributed by atoms with Crippen molar-refractivity contribution >= 4 is 0 Å². The van der Waals surface area contributed by atoms with Crippen LogP contribution in [-0.2, 0) is 0 Å². The first-order valence-corrected chi connectivity index (χ1v) is 3.65. The molecule has 0 aromatic carbocycles. The van der Waals surface area contributed by atoms with Crippen LogP contribution in [0.5, 0.6) is 0 Å². The van der Waals surface area contributed by atoms with Gasteiger partial charge in [-0.25, -0.2) is 0 Å². The van der Waals surface area contributed by atoms with Gasteiger partial charge in [-0.05, 0) is 0 Å². The molecule has 0 heterocycles. The van der Waals surface area contributed by atoms with E-state index in [0.717, 1.165) is 0 Å². The van der Waals surface area contributed by atoms with Crippen molar-refractivity contribution in [1.82, 2.24) is 10.6 Å². The molecular weight excluding hydrogens is 169 g/mol. The molecule has 0 unspecified atom stereocenters. The molecular formula is C7H13F3N2. The number of rotatable bonds is 6. The molecule has 12 heavy (non-hydrogen) atoms. The SMILES string of the molecule is C=CCNCCNCC(F)(F)F.